The van der Waals surface area contributed by atoms with Crippen LogP contribution in [0.5, 0.6) is 0 Å². The predicted molar refractivity (Wildman–Crippen MR) is 57.5 cm³/mol. The second-order valence-corrected chi connectivity index (χ2v) is 3.46. The number of unbranched alkanes of at least 4 members (excludes halogenated alkanes) is 3. The van der Waals surface area contributed by atoms with Crippen LogP contribution in [0.2, 0.25) is 0 Å². The van der Waals surface area contributed by atoms with Crippen molar-refractivity contribution in [3.8, 4) is 0 Å². The molecule has 15 heavy (non-hydrogen) atoms. The summed E-state index contributed by atoms with van der Waals surface area (Å²) in [6.07, 6.45) is 4.81. The van der Waals surface area contributed by atoms with Gasteiger partial charge < -0.3 is 14.2 Å². The summed E-state index contributed by atoms with van der Waals surface area (Å²) < 4.78 is 14.9. The highest BCUT2D eigenvalue weighted by Gasteiger charge is 2.39. The molecule has 4 nitrogen and oxygen atoms in total. The lowest BCUT2D eigenvalue weighted by atomic mass is 10.1. The lowest BCUT2D eigenvalue weighted by Gasteiger charge is -2.27. The van der Waals surface area contributed by atoms with E-state index in [1.165, 1.54) is 21.3 Å². The molecule has 90 valence electrons. The third-order valence-corrected chi connectivity index (χ3v) is 2.52. The van der Waals surface area contributed by atoms with Crippen LogP contribution in [0.3, 0.4) is 0 Å². The van der Waals surface area contributed by atoms with Gasteiger partial charge in [-0.05, 0) is 6.42 Å². The first-order chi connectivity index (χ1) is 7.16. The molecule has 0 aromatic rings. The van der Waals surface area contributed by atoms with Crippen molar-refractivity contribution in [2.45, 2.75) is 44.8 Å². The van der Waals surface area contributed by atoms with E-state index >= 15 is 0 Å². The Hall–Kier alpha value is -0.610. The summed E-state index contributed by atoms with van der Waals surface area (Å²) in [4.78, 5) is 11.5. The molecular formula is C11H22O4. The summed E-state index contributed by atoms with van der Waals surface area (Å²) in [5.74, 6) is -1.69. The van der Waals surface area contributed by atoms with Crippen LogP contribution in [0, 0.1) is 0 Å². The zero-order valence-electron chi connectivity index (χ0n) is 10.2. The summed E-state index contributed by atoms with van der Waals surface area (Å²) in [6.45, 7) is 2.14. The number of carbonyl (C=O) groups is 1. The molecule has 0 aromatic heterocycles. The Kier molecular flexibility index (Phi) is 7.34. The third-order valence-electron chi connectivity index (χ3n) is 2.52. The minimum Gasteiger partial charge on any atom is -0.465 e. The van der Waals surface area contributed by atoms with Gasteiger partial charge in [-0.15, -0.1) is 0 Å². The fourth-order valence-electron chi connectivity index (χ4n) is 1.50. The van der Waals surface area contributed by atoms with Crippen LogP contribution < -0.4 is 0 Å². The van der Waals surface area contributed by atoms with Crippen molar-refractivity contribution < 1.29 is 19.0 Å². The van der Waals surface area contributed by atoms with Gasteiger partial charge in [0.1, 0.15) is 0 Å². The second kappa shape index (κ2) is 7.65. The quantitative estimate of drug-likeness (QED) is 0.355. The van der Waals surface area contributed by atoms with Crippen molar-refractivity contribution in [2.24, 2.45) is 0 Å². The minimum atomic E-state index is -1.22. The van der Waals surface area contributed by atoms with E-state index in [1.54, 1.807) is 0 Å². The summed E-state index contributed by atoms with van der Waals surface area (Å²) in [6, 6.07) is 0. The molecule has 0 aliphatic rings. The Morgan fingerprint density at radius 1 is 1.07 bits per heavy atom. The molecule has 0 N–H and O–H groups in total. The van der Waals surface area contributed by atoms with Crippen molar-refractivity contribution in [1.29, 1.82) is 0 Å². The summed E-state index contributed by atoms with van der Waals surface area (Å²) >= 11 is 0. The van der Waals surface area contributed by atoms with Crippen molar-refractivity contribution in [3.05, 3.63) is 0 Å². The zero-order chi connectivity index (χ0) is 11.7. The normalized spacial score (nSPS) is 11.5. The molecule has 0 fully saturated rings. The molecule has 4 heteroatoms. The maximum absolute atomic E-state index is 11.5. The van der Waals surface area contributed by atoms with Crippen LogP contribution in [0.15, 0.2) is 0 Å². The fraction of sp³-hybridized carbons (Fsp3) is 0.909. The topological polar surface area (TPSA) is 44.8 Å². The van der Waals surface area contributed by atoms with E-state index < -0.39 is 11.8 Å². The Balaban J connectivity index is 4.18. The Bertz CT molecular complexity index is 175. The molecule has 0 saturated heterocycles. The van der Waals surface area contributed by atoms with Gasteiger partial charge in [0, 0.05) is 20.6 Å². The summed E-state index contributed by atoms with van der Waals surface area (Å²) in [5, 5.41) is 0. The summed E-state index contributed by atoms with van der Waals surface area (Å²) in [7, 11) is 4.25. The van der Waals surface area contributed by atoms with Gasteiger partial charge in [0.05, 0.1) is 7.11 Å². The van der Waals surface area contributed by atoms with E-state index in [4.69, 9.17) is 9.47 Å². The zero-order valence-corrected chi connectivity index (χ0v) is 10.2. The first-order valence-corrected chi connectivity index (χ1v) is 5.35. The molecule has 0 bridgehead atoms. The third kappa shape index (κ3) is 4.18. The molecular weight excluding hydrogens is 196 g/mol. The van der Waals surface area contributed by atoms with E-state index in [2.05, 4.69) is 11.7 Å². The van der Waals surface area contributed by atoms with Crippen molar-refractivity contribution in [1.82, 2.24) is 0 Å². The highest BCUT2D eigenvalue weighted by atomic mass is 16.7. The monoisotopic (exact) mass is 218 g/mol. The molecule has 0 aromatic carbocycles. The van der Waals surface area contributed by atoms with Gasteiger partial charge in [-0.1, -0.05) is 26.2 Å². The van der Waals surface area contributed by atoms with E-state index in [0.717, 1.165) is 25.7 Å². The van der Waals surface area contributed by atoms with Gasteiger partial charge in [0.2, 0.25) is 0 Å². The second-order valence-electron chi connectivity index (χ2n) is 3.46. The average molecular weight is 218 g/mol. The molecule has 0 amide bonds. The molecule has 0 saturated carbocycles. The van der Waals surface area contributed by atoms with E-state index in [9.17, 15) is 4.79 Å². The van der Waals surface area contributed by atoms with Crippen molar-refractivity contribution in [3.63, 3.8) is 0 Å². The van der Waals surface area contributed by atoms with E-state index in [-0.39, 0.29) is 0 Å². The number of methoxy groups -OCH3 is 3. The van der Waals surface area contributed by atoms with Crippen LogP contribution in [0.1, 0.15) is 39.0 Å². The number of carbonyl (C=O) groups excluding carboxylic acids is 1. The largest absolute Gasteiger partial charge is 0.465 e. The average Bonchev–Trinajstić information content (AvgIpc) is 2.29. The van der Waals surface area contributed by atoms with Crippen LogP contribution in [-0.4, -0.2) is 33.1 Å². The SMILES string of the molecule is CCCCCCC(OC)(OC)C(=O)OC. The number of hydrogen-bond acceptors (Lipinski definition) is 4. The van der Waals surface area contributed by atoms with Crippen molar-refractivity contribution >= 4 is 5.97 Å². The van der Waals surface area contributed by atoms with Crippen LogP contribution in [0.25, 0.3) is 0 Å². The van der Waals surface area contributed by atoms with Crippen LogP contribution in [0.4, 0.5) is 0 Å². The first-order valence-electron chi connectivity index (χ1n) is 5.35. The highest BCUT2D eigenvalue weighted by Crippen LogP contribution is 2.22. The van der Waals surface area contributed by atoms with Gasteiger partial charge in [-0.25, -0.2) is 4.79 Å². The van der Waals surface area contributed by atoms with Gasteiger partial charge in [0.25, 0.3) is 5.79 Å². The maximum Gasteiger partial charge on any atom is 0.366 e. The summed E-state index contributed by atoms with van der Waals surface area (Å²) in [5.41, 5.74) is 0. The first kappa shape index (κ1) is 14.4. The number of hydrogen-bond donors (Lipinski definition) is 0. The maximum atomic E-state index is 11.5. The standard InChI is InChI=1S/C11H22O4/c1-5-6-7-8-9-11(14-3,15-4)10(12)13-2/h5-9H2,1-4H3. The minimum absolute atomic E-state index is 0.469. The molecule has 0 atom stereocenters. The number of rotatable bonds is 8. The lowest BCUT2D eigenvalue weighted by Crippen LogP contribution is -2.43. The predicted octanol–water partition coefficient (Wildman–Crippen LogP) is 2.12. The van der Waals surface area contributed by atoms with Gasteiger partial charge in [0.15, 0.2) is 0 Å². The van der Waals surface area contributed by atoms with Gasteiger partial charge in [-0.3, -0.25) is 0 Å². The molecule has 0 heterocycles. The molecule has 0 radical (unpaired) electrons. The van der Waals surface area contributed by atoms with Crippen LogP contribution >= 0.6 is 0 Å². The van der Waals surface area contributed by atoms with E-state index in [0.29, 0.717) is 6.42 Å². The van der Waals surface area contributed by atoms with Gasteiger partial charge in [-0.2, -0.15) is 0 Å². The number of esters is 1. The Labute approximate surface area is 91.9 Å². The smallest absolute Gasteiger partial charge is 0.366 e. The highest BCUT2D eigenvalue weighted by molar-refractivity contribution is 5.77. The molecule has 0 rings (SSSR count). The lowest BCUT2D eigenvalue weighted by molar-refractivity contribution is -0.230. The molecule has 0 aliphatic carbocycles. The Morgan fingerprint density at radius 2 is 1.67 bits per heavy atom. The van der Waals surface area contributed by atoms with E-state index in [1.807, 2.05) is 0 Å². The molecule has 0 spiro atoms. The number of ether oxygens (including phenoxy) is 3. The van der Waals surface area contributed by atoms with Crippen LogP contribution in [-0.2, 0) is 19.0 Å². The molecule has 0 aliphatic heterocycles. The fourth-order valence-corrected chi connectivity index (χ4v) is 1.50. The van der Waals surface area contributed by atoms with Gasteiger partial charge >= 0.3 is 5.97 Å². The van der Waals surface area contributed by atoms with Crippen molar-refractivity contribution in [2.75, 3.05) is 21.3 Å². The molecule has 0 unspecified atom stereocenters. The Morgan fingerprint density at radius 3 is 2.07 bits per heavy atom.